The Bertz CT molecular complexity index is 380. The van der Waals surface area contributed by atoms with Gasteiger partial charge < -0.3 is 0 Å². The van der Waals surface area contributed by atoms with E-state index >= 15 is 0 Å². The summed E-state index contributed by atoms with van der Waals surface area (Å²) in [5, 5.41) is 0. The van der Waals surface area contributed by atoms with Crippen molar-refractivity contribution in [3.05, 3.63) is 71.8 Å². The van der Waals surface area contributed by atoms with Crippen LogP contribution in [0.4, 0.5) is 0 Å². The van der Waals surface area contributed by atoms with Crippen molar-refractivity contribution in [1.29, 1.82) is 0 Å². The van der Waals surface area contributed by atoms with Gasteiger partial charge in [-0.1, -0.05) is 66.7 Å². The SMILES string of the molecule is [SiH3]CC(Cc1ccccc1)Cc1ccccc1. The highest BCUT2D eigenvalue weighted by Gasteiger charge is 2.08. The lowest BCUT2D eigenvalue weighted by molar-refractivity contribution is 0.577. The third-order valence-electron chi connectivity index (χ3n) is 3.31. The molecule has 2 aromatic carbocycles. The number of rotatable bonds is 5. The molecule has 0 fully saturated rings. The summed E-state index contributed by atoms with van der Waals surface area (Å²) in [5.41, 5.74) is 2.95. The molecule has 0 N–H and O–H groups in total. The zero-order valence-corrected chi connectivity index (χ0v) is 12.5. The molecule has 1 heteroatoms. The predicted octanol–water partition coefficient (Wildman–Crippen LogP) is 2.87. The normalized spacial score (nSPS) is 10.9. The van der Waals surface area contributed by atoms with Gasteiger partial charge in [-0.05, 0) is 29.9 Å². The molecule has 0 aliphatic heterocycles. The van der Waals surface area contributed by atoms with Crippen molar-refractivity contribution in [2.75, 3.05) is 0 Å². The van der Waals surface area contributed by atoms with E-state index in [2.05, 4.69) is 60.7 Å². The minimum atomic E-state index is 0.812. The van der Waals surface area contributed by atoms with Gasteiger partial charge in [0.05, 0.1) is 0 Å². The summed E-state index contributed by atoms with van der Waals surface area (Å²) in [6, 6.07) is 23.1. The zero-order valence-electron chi connectivity index (χ0n) is 10.5. The highest BCUT2D eigenvalue weighted by molar-refractivity contribution is 6.08. The molecule has 0 radical (unpaired) electrons. The van der Waals surface area contributed by atoms with Crippen LogP contribution < -0.4 is 0 Å². The summed E-state index contributed by atoms with van der Waals surface area (Å²) in [6.45, 7) is 0. The average Bonchev–Trinajstić information content (AvgIpc) is 2.40. The average molecular weight is 240 g/mol. The lowest BCUT2D eigenvalue weighted by Gasteiger charge is -2.15. The molecule has 0 unspecified atom stereocenters. The van der Waals surface area contributed by atoms with Crippen molar-refractivity contribution < 1.29 is 0 Å². The van der Waals surface area contributed by atoms with E-state index in [1.165, 1.54) is 40.3 Å². The number of hydrogen-bond acceptors (Lipinski definition) is 0. The van der Waals surface area contributed by atoms with Gasteiger partial charge in [-0.3, -0.25) is 0 Å². The van der Waals surface area contributed by atoms with Crippen LogP contribution in [0.15, 0.2) is 60.7 Å². The third-order valence-corrected chi connectivity index (χ3v) is 4.47. The summed E-state index contributed by atoms with van der Waals surface area (Å²) >= 11 is 0. The first-order valence-corrected chi connectivity index (χ1v) is 7.87. The molecule has 2 rings (SSSR count). The largest absolute Gasteiger partial charge is 0.0624 e. The molecule has 0 nitrogen and oxygen atoms in total. The van der Waals surface area contributed by atoms with E-state index in [0.29, 0.717) is 0 Å². The van der Waals surface area contributed by atoms with Crippen LogP contribution in [0.1, 0.15) is 11.1 Å². The maximum Gasteiger partial charge on any atom is 0.00317 e. The molecule has 0 atom stereocenters. The van der Waals surface area contributed by atoms with Crippen LogP contribution in [0, 0.1) is 5.92 Å². The maximum absolute atomic E-state index is 2.25. The molecule has 0 saturated carbocycles. The van der Waals surface area contributed by atoms with Crippen LogP contribution in [0.5, 0.6) is 0 Å². The standard InChI is InChI=1S/C16H20Si/c17-13-16(11-14-7-3-1-4-8-14)12-15-9-5-2-6-10-15/h1-10,16H,11-13H2,17H3. The summed E-state index contributed by atoms with van der Waals surface area (Å²) in [5.74, 6) is 0.812. The fourth-order valence-corrected chi connectivity index (χ4v) is 2.83. The van der Waals surface area contributed by atoms with Crippen LogP contribution in [0.25, 0.3) is 0 Å². The van der Waals surface area contributed by atoms with E-state index in [0.717, 1.165) is 5.92 Å². The second kappa shape index (κ2) is 6.41. The van der Waals surface area contributed by atoms with Crippen LogP contribution in [0.3, 0.4) is 0 Å². The molecular formula is C16H20Si. The molecule has 0 aliphatic carbocycles. The first-order chi connectivity index (χ1) is 8.38. The van der Waals surface area contributed by atoms with Crippen molar-refractivity contribution >= 4 is 10.2 Å². The smallest absolute Gasteiger partial charge is 0.00317 e. The quantitative estimate of drug-likeness (QED) is 0.705. The summed E-state index contributed by atoms with van der Waals surface area (Å²) in [7, 11) is 1.29. The van der Waals surface area contributed by atoms with Crippen molar-refractivity contribution in [2.45, 2.75) is 18.9 Å². The first-order valence-electron chi connectivity index (χ1n) is 6.46. The van der Waals surface area contributed by atoms with Gasteiger partial charge in [-0.15, -0.1) is 0 Å². The Labute approximate surface area is 107 Å². The van der Waals surface area contributed by atoms with Crippen molar-refractivity contribution in [3.8, 4) is 0 Å². The van der Waals surface area contributed by atoms with E-state index in [1.54, 1.807) is 0 Å². The summed E-state index contributed by atoms with van der Waals surface area (Å²) in [6.07, 6.45) is 2.44. The molecule has 0 aliphatic rings. The Morgan fingerprint density at radius 3 is 1.47 bits per heavy atom. The molecule has 0 heterocycles. The van der Waals surface area contributed by atoms with Gasteiger partial charge >= 0.3 is 0 Å². The van der Waals surface area contributed by atoms with E-state index < -0.39 is 0 Å². The van der Waals surface area contributed by atoms with Crippen LogP contribution >= 0.6 is 0 Å². The van der Waals surface area contributed by atoms with Gasteiger partial charge in [0.15, 0.2) is 0 Å². The lowest BCUT2D eigenvalue weighted by atomic mass is 9.94. The van der Waals surface area contributed by atoms with Crippen LogP contribution in [0.2, 0.25) is 6.04 Å². The fraction of sp³-hybridized carbons (Fsp3) is 0.250. The lowest BCUT2D eigenvalue weighted by Crippen LogP contribution is -2.07. The molecule has 2 aromatic rings. The summed E-state index contributed by atoms with van der Waals surface area (Å²) in [4.78, 5) is 0. The molecular weight excluding hydrogens is 220 g/mol. The molecule has 0 aromatic heterocycles. The van der Waals surface area contributed by atoms with E-state index in [9.17, 15) is 0 Å². The van der Waals surface area contributed by atoms with Gasteiger partial charge in [0.2, 0.25) is 0 Å². The molecule has 17 heavy (non-hydrogen) atoms. The van der Waals surface area contributed by atoms with Gasteiger partial charge in [0.1, 0.15) is 0 Å². The molecule has 0 spiro atoms. The number of benzene rings is 2. The van der Waals surface area contributed by atoms with Gasteiger partial charge in [-0.2, -0.15) is 0 Å². The molecule has 0 amide bonds. The maximum atomic E-state index is 2.25. The Balaban J connectivity index is 1.98. The summed E-state index contributed by atoms with van der Waals surface area (Å²) < 4.78 is 0. The van der Waals surface area contributed by atoms with E-state index in [4.69, 9.17) is 0 Å². The minimum absolute atomic E-state index is 0.812. The van der Waals surface area contributed by atoms with Crippen molar-refractivity contribution in [2.24, 2.45) is 5.92 Å². The molecule has 0 saturated heterocycles. The number of hydrogen-bond donors (Lipinski definition) is 0. The Morgan fingerprint density at radius 2 is 1.12 bits per heavy atom. The van der Waals surface area contributed by atoms with Gasteiger partial charge in [-0.25, -0.2) is 0 Å². The van der Waals surface area contributed by atoms with E-state index in [1.807, 2.05) is 0 Å². The predicted molar refractivity (Wildman–Crippen MR) is 78.5 cm³/mol. The third kappa shape index (κ3) is 3.86. The fourth-order valence-electron chi connectivity index (χ4n) is 2.26. The Hall–Kier alpha value is -1.34. The highest BCUT2D eigenvalue weighted by Crippen LogP contribution is 2.17. The second-order valence-electron chi connectivity index (χ2n) is 4.65. The second-order valence-corrected chi connectivity index (χ2v) is 5.47. The zero-order chi connectivity index (χ0) is 11.9. The first kappa shape index (κ1) is 12.1. The van der Waals surface area contributed by atoms with Crippen LogP contribution in [-0.4, -0.2) is 10.2 Å². The van der Waals surface area contributed by atoms with E-state index in [-0.39, 0.29) is 0 Å². The van der Waals surface area contributed by atoms with Gasteiger partial charge in [0, 0.05) is 10.2 Å². The Kier molecular flexibility index (Phi) is 4.57. The monoisotopic (exact) mass is 240 g/mol. The topological polar surface area (TPSA) is 0 Å². The Morgan fingerprint density at radius 1 is 0.706 bits per heavy atom. The molecule has 88 valence electrons. The highest BCUT2D eigenvalue weighted by atomic mass is 28.1. The van der Waals surface area contributed by atoms with Crippen molar-refractivity contribution in [3.63, 3.8) is 0 Å². The van der Waals surface area contributed by atoms with Crippen molar-refractivity contribution in [1.82, 2.24) is 0 Å². The van der Waals surface area contributed by atoms with Crippen LogP contribution in [-0.2, 0) is 12.8 Å². The van der Waals surface area contributed by atoms with Gasteiger partial charge in [0.25, 0.3) is 0 Å². The molecule has 0 bridgehead atoms. The minimum Gasteiger partial charge on any atom is -0.0624 e.